The molecule has 1 aromatic heterocycles. The summed E-state index contributed by atoms with van der Waals surface area (Å²) in [4.78, 5) is 11.6. The Hall–Kier alpha value is -1.40. The van der Waals surface area contributed by atoms with Gasteiger partial charge in [0.05, 0.1) is 5.92 Å². The lowest BCUT2D eigenvalue weighted by Crippen LogP contribution is -2.36. The third-order valence-electron chi connectivity index (χ3n) is 2.38. The summed E-state index contributed by atoms with van der Waals surface area (Å²) in [6, 6.07) is 3.24. The molecule has 1 saturated heterocycles. The molecule has 7 heteroatoms. The summed E-state index contributed by atoms with van der Waals surface area (Å²) >= 11 is 5.58. The summed E-state index contributed by atoms with van der Waals surface area (Å²) in [7, 11) is 0. The van der Waals surface area contributed by atoms with Gasteiger partial charge >= 0.3 is 0 Å². The first-order valence-corrected chi connectivity index (χ1v) is 5.39. The van der Waals surface area contributed by atoms with Crippen LogP contribution in [-0.2, 0) is 4.79 Å². The quantitative estimate of drug-likeness (QED) is 0.658. The SMILES string of the molecule is O=C(NNc1ccc(Cl)nn1)C1CCNC1. The molecule has 1 aliphatic heterocycles. The molecule has 1 unspecified atom stereocenters. The average Bonchev–Trinajstić information content (AvgIpc) is 2.81. The van der Waals surface area contributed by atoms with Gasteiger partial charge in [-0.2, -0.15) is 0 Å². The number of rotatable bonds is 3. The van der Waals surface area contributed by atoms with Crippen LogP contribution in [-0.4, -0.2) is 29.2 Å². The van der Waals surface area contributed by atoms with Crippen molar-refractivity contribution in [3.05, 3.63) is 17.3 Å². The van der Waals surface area contributed by atoms with Crippen LogP contribution in [0.1, 0.15) is 6.42 Å². The second-order valence-electron chi connectivity index (χ2n) is 3.55. The fraction of sp³-hybridized carbons (Fsp3) is 0.444. The van der Waals surface area contributed by atoms with Gasteiger partial charge in [-0.05, 0) is 25.1 Å². The number of aromatic nitrogens is 2. The lowest BCUT2D eigenvalue weighted by atomic mass is 10.1. The number of carbonyl (C=O) groups is 1. The Morgan fingerprint density at radius 3 is 3.00 bits per heavy atom. The molecule has 0 saturated carbocycles. The number of hydrogen-bond acceptors (Lipinski definition) is 5. The van der Waals surface area contributed by atoms with Crippen molar-refractivity contribution in [2.24, 2.45) is 5.92 Å². The summed E-state index contributed by atoms with van der Waals surface area (Å²) in [5.41, 5.74) is 5.27. The van der Waals surface area contributed by atoms with Crippen molar-refractivity contribution in [3.8, 4) is 0 Å². The highest BCUT2D eigenvalue weighted by atomic mass is 35.5. The number of amides is 1. The number of nitrogens with zero attached hydrogens (tertiary/aromatic N) is 2. The Kier molecular flexibility index (Phi) is 3.53. The minimum absolute atomic E-state index is 0.0211. The fourth-order valence-corrected chi connectivity index (χ4v) is 1.59. The number of carbonyl (C=O) groups excluding carboxylic acids is 1. The normalized spacial score (nSPS) is 19.4. The van der Waals surface area contributed by atoms with Crippen molar-refractivity contribution in [1.82, 2.24) is 20.9 Å². The number of hydrazine groups is 1. The smallest absolute Gasteiger partial charge is 0.242 e. The molecule has 1 fully saturated rings. The van der Waals surface area contributed by atoms with Gasteiger partial charge in [0, 0.05) is 6.54 Å². The topological polar surface area (TPSA) is 78.9 Å². The van der Waals surface area contributed by atoms with Gasteiger partial charge in [0.1, 0.15) is 0 Å². The molecule has 0 aromatic carbocycles. The molecule has 6 nitrogen and oxygen atoms in total. The van der Waals surface area contributed by atoms with Gasteiger partial charge in [-0.25, -0.2) is 0 Å². The van der Waals surface area contributed by atoms with Crippen LogP contribution in [0.2, 0.25) is 5.15 Å². The van der Waals surface area contributed by atoms with Crippen molar-refractivity contribution >= 4 is 23.3 Å². The van der Waals surface area contributed by atoms with Crippen LogP contribution in [0.3, 0.4) is 0 Å². The van der Waals surface area contributed by atoms with E-state index in [1.54, 1.807) is 12.1 Å². The first kappa shape index (κ1) is 11.1. The third kappa shape index (κ3) is 2.80. The first-order valence-electron chi connectivity index (χ1n) is 5.01. The minimum Gasteiger partial charge on any atom is -0.316 e. The molecule has 0 aliphatic carbocycles. The highest BCUT2D eigenvalue weighted by molar-refractivity contribution is 6.29. The zero-order chi connectivity index (χ0) is 11.4. The van der Waals surface area contributed by atoms with Gasteiger partial charge in [0.25, 0.3) is 0 Å². The molecule has 16 heavy (non-hydrogen) atoms. The average molecular weight is 242 g/mol. The Labute approximate surface area is 97.7 Å². The summed E-state index contributed by atoms with van der Waals surface area (Å²) in [6.45, 7) is 1.61. The van der Waals surface area contributed by atoms with E-state index in [4.69, 9.17) is 11.6 Å². The predicted octanol–water partition coefficient (Wildman–Crippen LogP) is 0.183. The van der Waals surface area contributed by atoms with Gasteiger partial charge in [-0.1, -0.05) is 11.6 Å². The molecular formula is C9H12ClN5O. The Balaban J connectivity index is 1.82. The maximum atomic E-state index is 11.6. The zero-order valence-electron chi connectivity index (χ0n) is 8.53. The van der Waals surface area contributed by atoms with E-state index in [0.29, 0.717) is 11.0 Å². The van der Waals surface area contributed by atoms with E-state index < -0.39 is 0 Å². The molecule has 2 rings (SSSR count). The fourth-order valence-electron chi connectivity index (χ4n) is 1.49. The van der Waals surface area contributed by atoms with Crippen LogP contribution in [0, 0.1) is 5.92 Å². The van der Waals surface area contributed by atoms with Crippen molar-refractivity contribution in [2.75, 3.05) is 18.5 Å². The number of halogens is 1. The van der Waals surface area contributed by atoms with E-state index in [1.165, 1.54) is 0 Å². The van der Waals surface area contributed by atoms with Crippen molar-refractivity contribution < 1.29 is 4.79 Å². The van der Waals surface area contributed by atoms with Crippen molar-refractivity contribution in [1.29, 1.82) is 0 Å². The van der Waals surface area contributed by atoms with Gasteiger partial charge in [-0.15, -0.1) is 10.2 Å². The number of nitrogens with one attached hydrogen (secondary N) is 3. The van der Waals surface area contributed by atoms with Crippen LogP contribution in [0.25, 0.3) is 0 Å². The van der Waals surface area contributed by atoms with Crippen LogP contribution < -0.4 is 16.2 Å². The lowest BCUT2D eigenvalue weighted by molar-refractivity contribution is -0.123. The summed E-state index contributed by atoms with van der Waals surface area (Å²) in [5, 5.41) is 10.8. The number of hydrogen-bond donors (Lipinski definition) is 3. The predicted molar refractivity (Wildman–Crippen MR) is 59.8 cm³/mol. The van der Waals surface area contributed by atoms with Crippen molar-refractivity contribution in [3.63, 3.8) is 0 Å². The summed E-state index contributed by atoms with van der Waals surface area (Å²) in [5.74, 6) is 0.443. The van der Waals surface area contributed by atoms with Crippen LogP contribution in [0.15, 0.2) is 12.1 Å². The highest BCUT2D eigenvalue weighted by Gasteiger charge is 2.21. The van der Waals surface area contributed by atoms with Crippen LogP contribution in [0.5, 0.6) is 0 Å². The molecule has 86 valence electrons. The summed E-state index contributed by atoms with van der Waals surface area (Å²) in [6.07, 6.45) is 0.861. The maximum absolute atomic E-state index is 11.6. The van der Waals surface area contributed by atoms with E-state index in [9.17, 15) is 4.79 Å². The van der Waals surface area contributed by atoms with E-state index in [2.05, 4.69) is 26.4 Å². The molecule has 1 amide bonds. The number of anilines is 1. The Morgan fingerprint density at radius 2 is 2.38 bits per heavy atom. The van der Waals surface area contributed by atoms with Gasteiger partial charge < -0.3 is 5.32 Å². The second-order valence-corrected chi connectivity index (χ2v) is 3.93. The van der Waals surface area contributed by atoms with E-state index in [0.717, 1.165) is 19.5 Å². The third-order valence-corrected chi connectivity index (χ3v) is 2.58. The van der Waals surface area contributed by atoms with Crippen molar-refractivity contribution in [2.45, 2.75) is 6.42 Å². The molecule has 0 spiro atoms. The van der Waals surface area contributed by atoms with E-state index in [1.807, 2.05) is 0 Å². The van der Waals surface area contributed by atoms with Crippen LogP contribution in [0.4, 0.5) is 5.82 Å². The standard InChI is InChI=1S/C9H12ClN5O/c10-7-1-2-8(13-12-7)14-15-9(16)6-3-4-11-5-6/h1-2,6,11H,3-5H2,(H,13,14)(H,15,16). The maximum Gasteiger partial charge on any atom is 0.242 e. The largest absolute Gasteiger partial charge is 0.316 e. The highest BCUT2D eigenvalue weighted by Crippen LogP contribution is 2.08. The molecule has 0 radical (unpaired) electrons. The molecule has 3 N–H and O–H groups in total. The lowest BCUT2D eigenvalue weighted by Gasteiger charge is -2.10. The summed E-state index contributed by atoms with van der Waals surface area (Å²) < 4.78 is 0. The van der Waals surface area contributed by atoms with E-state index >= 15 is 0 Å². The molecule has 1 atom stereocenters. The van der Waals surface area contributed by atoms with Crippen LogP contribution >= 0.6 is 11.6 Å². The molecule has 2 heterocycles. The zero-order valence-corrected chi connectivity index (χ0v) is 9.29. The molecule has 1 aromatic rings. The molecular weight excluding hydrogens is 230 g/mol. The van der Waals surface area contributed by atoms with E-state index in [-0.39, 0.29) is 11.8 Å². The Morgan fingerprint density at radius 1 is 1.50 bits per heavy atom. The van der Waals surface area contributed by atoms with Gasteiger partial charge in [0.2, 0.25) is 5.91 Å². The Bertz CT molecular complexity index is 363. The van der Waals surface area contributed by atoms with Gasteiger partial charge in [0.15, 0.2) is 11.0 Å². The van der Waals surface area contributed by atoms with Gasteiger partial charge in [-0.3, -0.25) is 15.6 Å². The monoisotopic (exact) mass is 241 g/mol. The first-order chi connectivity index (χ1) is 7.75. The minimum atomic E-state index is -0.0400. The molecule has 1 aliphatic rings. The molecule has 0 bridgehead atoms. The second kappa shape index (κ2) is 5.09.